The molecular formula is C28H29N9O7S. The van der Waals surface area contributed by atoms with Crippen molar-refractivity contribution in [3.05, 3.63) is 66.2 Å². The van der Waals surface area contributed by atoms with Crippen molar-refractivity contribution in [1.82, 2.24) is 46.0 Å². The maximum atomic E-state index is 13.7. The smallest absolute Gasteiger partial charge is 0.358 e. The van der Waals surface area contributed by atoms with Gasteiger partial charge in [0.1, 0.15) is 6.04 Å². The average molecular weight is 636 g/mol. The zero-order chi connectivity index (χ0) is 31.9. The van der Waals surface area contributed by atoms with Gasteiger partial charge in [0.15, 0.2) is 5.78 Å². The second-order valence-electron chi connectivity index (χ2n) is 10.1. The molecule has 234 valence electrons. The monoisotopic (exact) mass is 635 g/mol. The number of tetrazole rings is 1. The van der Waals surface area contributed by atoms with Gasteiger partial charge < -0.3 is 10.4 Å². The van der Waals surface area contributed by atoms with Crippen LogP contribution in [0.15, 0.2) is 65.8 Å². The molecule has 16 nitrogen and oxygen atoms in total. The number of hydrazine groups is 2. The third-order valence-electron chi connectivity index (χ3n) is 7.11. The molecule has 2 fully saturated rings. The minimum atomic E-state index is -1.44. The predicted octanol–water partition coefficient (Wildman–Crippen LogP) is 0.662. The fourth-order valence-corrected chi connectivity index (χ4v) is 5.75. The third-order valence-corrected chi connectivity index (χ3v) is 8.05. The molecule has 2 aromatic carbocycles. The summed E-state index contributed by atoms with van der Waals surface area (Å²) in [4.78, 5) is 77.9. The molecule has 0 spiro atoms. The fraction of sp³-hybridized carbons (Fsp3) is 0.321. The van der Waals surface area contributed by atoms with Crippen LogP contribution >= 0.6 is 11.8 Å². The first-order valence-corrected chi connectivity index (χ1v) is 15.0. The molecule has 0 aliphatic carbocycles. The van der Waals surface area contributed by atoms with Crippen molar-refractivity contribution in [3.63, 3.8) is 0 Å². The van der Waals surface area contributed by atoms with E-state index in [4.69, 9.17) is 0 Å². The van der Waals surface area contributed by atoms with E-state index in [2.05, 4.69) is 26.3 Å². The molecule has 5 rings (SSSR count). The van der Waals surface area contributed by atoms with Crippen molar-refractivity contribution < 1.29 is 33.9 Å². The molecule has 5 amide bonds. The van der Waals surface area contributed by atoms with Gasteiger partial charge in [-0.2, -0.15) is 4.68 Å². The Bertz CT molecular complexity index is 1590. The van der Waals surface area contributed by atoms with Crippen molar-refractivity contribution >= 4 is 47.3 Å². The fourth-order valence-electron chi connectivity index (χ4n) is 4.92. The van der Waals surface area contributed by atoms with Crippen LogP contribution in [0.5, 0.6) is 0 Å². The lowest BCUT2D eigenvalue weighted by Gasteiger charge is -2.43. The van der Waals surface area contributed by atoms with Gasteiger partial charge in [0.05, 0.1) is 30.4 Å². The lowest BCUT2D eigenvalue weighted by Crippen LogP contribution is -2.65. The summed E-state index contributed by atoms with van der Waals surface area (Å²) in [5, 5.41) is 26.9. The molecule has 2 saturated heterocycles. The topological polar surface area (TPSA) is 200 Å². The summed E-state index contributed by atoms with van der Waals surface area (Å²) in [5.74, 6) is -4.01. The van der Waals surface area contributed by atoms with E-state index in [1.807, 2.05) is 6.07 Å². The van der Waals surface area contributed by atoms with Gasteiger partial charge in [-0.05, 0) is 47.5 Å². The highest BCUT2D eigenvalue weighted by atomic mass is 32.2. The Morgan fingerprint density at radius 2 is 1.71 bits per heavy atom. The number of Topliss-reactive ketones (excluding diaryl/α,β-unsaturated/α-hetero) is 1. The van der Waals surface area contributed by atoms with E-state index in [9.17, 15) is 33.9 Å². The van der Waals surface area contributed by atoms with Crippen LogP contribution in [0.3, 0.4) is 0 Å². The van der Waals surface area contributed by atoms with Crippen LogP contribution in [0, 0.1) is 0 Å². The Morgan fingerprint density at radius 3 is 2.42 bits per heavy atom. The van der Waals surface area contributed by atoms with E-state index in [0.717, 1.165) is 26.8 Å². The molecule has 2 aliphatic rings. The van der Waals surface area contributed by atoms with Crippen molar-refractivity contribution in [2.45, 2.75) is 42.9 Å². The highest BCUT2D eigenvalue weighted by Crippen LogP contribution is 2.24. The molecule has 45 heavy (non-hydrogen) atoms. The first-order valence-electron chi connectivity index (χ1n) is 14.0. The van der Waals surface area contributed by atoms with E-state index >= 15 is 0 Å². The number of amides is 5. The number of thioether (sulfide) groups is 1. The van der Waals surface area contributed by atoms with Gasteiger partial charge >= 0.3 is 12.0 Å². The molecule has 0 saturated carbocycles. The number of nitrogens with zero attached hydrogens (tertiary/aromatic N) is 7. The quantitative estimate of drug-likeness (QED) is 0.250. The maximum Gasteiger partial charge on any atom is 0.358 e. The van der Waals surface area contributed by atoms with Crippen molar-refractivity contribution in [3.8, 4) is 5.69 Å². The number of hydrogen-bond donors (Lipinski definition) is 3. The second kappa shape index (κ2) is 14.0. The Morgan fingerprint density at radius 1 is 1.00 bits per heavy atom. The number of carboxylic acids is 1. The summed E-state index contributed by atoms with van der Waals surface area (Å²) in [5.41, 5.74) is 3.45. The predicted molar refractivity (Wildman–Crippen MR) is 156 cm³/mol. The van der Waals surface area contributed by atoms with Crippen LogP contribution in [0.2, 0.25) is 0 Å². The molecule has 0 radical (unpaired) electrons. The van der Waals surface area contributed by atoms with Gasteiger partial charge in [0.25, 0.3) is 5.91 Å². The van der Waals surface area contributed by atoms with E-state index in [1.165, 1.54) is 4.68 Å². The first-order chi connectivity index (χ1) is 21.7. The number of aliphatic carboxylic acids is 1. The van der Waals surface area contributed by atoms with Crippen molar-refractivity contribution in [2.75, 3.05) is 18.8 Å². The van der Waals surface area contributed by atoms with Gasteiger partial charge in [-0.1, -0.05) is 48.2 Å². The number of carbonyl (C=O) groups excluding carboxylic acids is 5. The molecule has 3 heterocycles. The van der Waals surface area contributed by atoms with Crippen LogP contribution in [-0.2, 0) is 19.2 Å². The lowest BCUT2D eigenvalue weighted by molar-refractivity contribution is -0.155. The van der Waals surface area contributed by atoms with Crippen molar-refractivity contribution in [1.29, 1.82) is 0 Å². The van der Waals surface area contributed by atoms with E-state index in [0.29, 0.717) is 12.1 Å². The largest absolute Gasteiger partial charge is 0.481 e. The van der Waals surface area contributed by atoms with Crippen molar-refractivity contribution in [2.24, 2.45) is 0 Å². The molecule has 2 aliphatic heterocycles. The first kappa shape index (κ1) is 31.1. The number of para-hydroxylation sites is 1. The molecule has 1 aromatic heterocycles. The zero-order valence-electron chi connectivity index (χ0n) is 23.8. The molecule has 3 N–H and O–H groups in total. The third kappa shape index (κ3) is 7.26. The Balaban J connectivity index is 1.30. The van der Waals surface area contributed by atoms with Gasteiger partial charge in [0, 0.05) is 18.5 Å². The molecule has 3 aromatic rings. The Kier molecular flexibility index (Phi) is 9.67. The van der Waals surface area contributed by atoms with Gasteiger partial charge in [-0.25, -0.2) is 19.8 Å². The summed E-state index contributed by atoms with van der Waals surface area (Å²) in [6.07, 6.45) is -0.307. The minimum Gasteiger partial charge on any atom is -0.481 e. The second-order valence-corrected chi connectivity index (χ2v) is 11.1. The van der Waals surface area contributed by atoms with E-state index in [1.54, 1.807) is 54.6 Å². The van der Waals surface area contributed by atoms with E-state index in [-0.39, 0.29) is 42.4 Å². The summed E-state index contributed by atoms with van der Waals surface area (Å²) in [6, 6.07) is 13.6. The van der Waals surface area contributed by atoms with Gasteiger partial charge in [-0.15, -0.1) is 5.10 Å². The SMILES string of the molecule is O=C(O)CC(NC(=O)C1CCCN2C(=O)CCN(NC(=O)c3ccccc3)C(=O)N12)C(=O)CSc1nnnn1-c1ccccc1. The molecular weight excluding hydrogens is 606 g/mol. The number of aromatic nitrogens is 4. The number of rotatable bonds is 11. The number of carbonyl (C=O) groups is 6. The van der Waals surface area contributed by atoms with Crippen LogP contribution in [-0.4, -0.2) is 107 Å². The number of carboxylic acid groups (broad SMARTS) is 1. The summed E-state index contributed by atoms with van der Waals surface area (Å²) in [6.45, 7) is 0.0382. The minimum absolute atomic E-state index is 0.106. The maximum absolute atomic E-state index is 13.7. The highest BCUT2D eigenvalue weighted by molar-refractivity contribution is 7.99. The summed E-state index contributed by atoms with van der Waals surface area (Å²) < 4.78 is 1.42. The number of urea groups is 1. The molecule has 17 heteroatoms. The number of hydrogen-bond acceptors (Lipinski definition) is 10. The van der Waals surface area contributed by atoms with Crippen LogP contribution in [0.25, 0.3) is 5.69 Å². The summed E-state index contributed by atoms with van der Waals surface area (Å²) in [7, 11) is 0. The average Bonchev–Trinajstić information content (AvgIpc) is 3.49. The Hall–Kier alpha value is -5.32. The van der Waals surface area contributed by atoms with Gasteiger partial charge in [0.2, 0.25) is 17.0 Å². The molecule has 2 unspecified atom stereocenters. The Labute approximate surface area is 260 Å². The van der Waals surface area contributed by atoms with Crippen LogP contribution in [0.4, 0.5) is 4.79 Å². The number of nitrogens with one attached hydrogen (secondary N) is 2. The summed E-state index contributed by atoms with van der Waals surface area (Å²) >= 11 is 0.969. The molecule has 0 bridgehead atoms. The van der Waals surface area contributed by atoms with Gasteiger partial charge in [-0.3, -0.25) is 29.4 Å². The molecule has 2 atom stereocenters. The number of fused-ring (bicyclic) bond motifs is 1. The standard InChI is InChI=1S/C28H29N9O7S/c38-22(17-45-27-30-32-33-36(27)19-10-5-2-6-11-19)20(16-24(40)41)29-26(43)21-12-7-14-35-23(39)13-15-34(28(44)37(21)35)31-25(42)18-8-3-1-4-9-18/h1-6,8-11,20-21H,7,12-17H2,(H,29,43)(H,31,42)(H,40,41). The number of ketones is 1. The highest BCUT2D eigenvalue weighted by Gasteiger charge is 2.44. The lowest BCUT2D eigenvalue weighted by atomic mass is 10.0. The van der Waals surface area contributed by atoms with E-state index < -0.39 is 54.0 Å². The zero-order valence-corrected chi connectivity index (χ0v) is 24.6. The number of benzene rings is 2. The van der Waals surface area contributed by atoms with Crippen LogP contribution in [0.1, 0.15) is 36.0 Å². The normalized spacial score (nSPS) is 17.2. The van der Waals surface area contributed by atoms with Crippen LogP contribution < -0.4 is 10.7 Å².